The Kier molecular flexibility index (Phi) is 4.34. The van der Waals surface area contributed by atoms with Crippen LogP contribution in [0.15, 0.2) is 24.3 Å². The van der Waals surface area contributed by atoms with Gasteiger partial charge in [0.2, 0.25) is 0 Å². The van der Waals surface area contributed by atoms with Crippen LogP contribution in [0, 0.1) is 0 Å². The van der Waals surface area contributed by atoms with E-state index in [1.54, 1.807) is 0 Å². The molecular weight excluding hydrogens is 314 g/mol. The molecule has 5 heteroatoms. The van der Waals surface area contributed by atoms with E-state index in [2.05, 4.69) is 4.68 Å². The normalized spacial score (nSPS) is 19.6. The molecule has 5 nitrogen and oxygen atoms in total. The summed E-state index contributed by atoms with van der Waals surface area (Å²) in [4.78, 5) is 10.9. The zero-order chi connectivity index (χ0) is 17.4. The first-order chi connectivity index (χ1) is 12.2. The molecule has 1 fully saturated rings. The summed E-state index contributed by atoms with van der Waals surface area (Å²) in [7, 11) is 0. The lowest BCUT2D eigenvalue weighted by Crippen LogP contribution is -2.15. The first-order valence-electron chi connectivity index (χ1n) is 9.30. The summed E-state index contributed by atoms with van der Waals surface area (Å²) in [5, 5.41) is 13.9. The summed E-state index contributed by atoms with van der Waals surface area (Å²) in [5.41, 5.74) is 11.8. The number of fused-ring (bicyclic) bond motifs is 1. The van der Waals surface area contributed by atoms with E-state index in [0.29, 0.717) is 11.8 Å². The Morgan fingerprint density at radius 2 is 2.00 bits per heavy atom. The van der Waals surface area contributed by atoms with Crippen LogP contribution in [0.25, 0.3) is 5.69 Å². The van der Waals surface area contributed by atoms with E-state index >= 15 is 0 Å². The van der Waals surface area contributed by atoms with Crippen LogP contribution in [0.4, 0.5) is 0 Å². The fraction of sp³-hybridized carbons (Fsp3) is 0.500. The number of nitrogens with zero attached hydrogens (tertiary/aromatic N) is 2. The Morgan fingerprint density at radius 3 is 2.64 bits per heavy atom. The molecule has 0 radical (unpaired) electrons. The standard InChI is InChI=1S/C20H25N3O2/c21-11-10-14-2-1-3-17-19(14)20(15-6-7-15)22-23(17)16-8-4-13(5-9-16)12-18(24)25/h4-5,8-9,14-15H,1-3,6-7,10-12,21H2,(H,24,25). The topological polar surface area (TPSA) is 81.1 Å². The van der Waals surface area contributed by atoms with Gasteiger partial charge in [-0.05, 0) is 68.7 Å². The number of aromatic nitrogens is 2. The van der Waals surface area contributed by atoms with Gasteiger partial charge < -0.3 is 10.8 Å². The summed E-state index contributed by atoms with van der Waals surface area (Å²) in [6.07, 6.45) is 7.05. The van der Waals surface area contributed by atoms with Gasteiger partial charge in [0.1, 0.15) is 0 Å². The van der Waals surface area contributed by atoms with Gasteiger partial charge in [-0.3, -0.25) is 4.79 Å². The van der Waals surface area contributed by atoms with E-state index in [9.17, 15) is 4.79 Å². The second-order valence-electron chi connectivity index (χ2n) is 7.34. The van der Waals surface area contributed by atoms with Crippen LogP contribution < -0.4 is 5.73 Å². The SMILES string of the molecule is NCCC1CCCc2c1c(C1CC1)nn2-c1ccc(CC(=O)O)cc1. The van der Waals surface area contributed by atoms with Crippen molar-refractivity contribution in [1.82, 2.24) is 9.78 Å². The predicted molar refractivity (Wildman–Crippen MR) is 96.2 cm³/mol. The molecule has 0 aliphatic heterocycles. The third-order valence-corrected chi connectivity index (χ3v) is 5.44. The van der Waals surface area contributed by atoms with Gasteiger partial charge in [0.05, 0.1) is 17.8 Å². The van der Waals surface area contributed by atoms with E-state index < -0.39 is 5.97 Å². The van der Waals surface area contributed by atoms with Crippen molar-refractivity contribution in [2.24, 2.45) is 5.73 Å². The number of carbonyl (C=O) groups is 1. The van der Waals surface area contributed by atoms with Gasteiger partial charge in [0.15, 0.2) is 0 Å². The maximum atomic E-state index is 10.9. The molecule has 3 N–H and O–H groups in total. The number of nitrogens with two attached hydrogens (primary N) is 1. The van der Waals surface area contributed by atoms with E-state index in [1.165, 1.54) is 42.6 Å². The lowest BCUT2D eigenvalue weighted by molar-refractivity contribution is -0.136. The van der Waals surface area contributed by atoms with Gasteiger partial charge in [-0.15, -0.1) is 0 Å². The first-order valence-corrected chi connectivity index (χ1v) is 9.30. The van der Waals surface area contributed by atoms with Crippen molar-refractivity contribution in [3.63, 3.8) is 0 Å². The van der Waals surface area contributed by atoms with Crippen molar-refractivity contribution in [2.75, 3.05) is 6.54 Å². The monoisotopic (exact) mass is 339 g/mol. The Labute approximate surface area is 147 Å². The van der Waals surface area contributed by atoms with Crippen molar-refractivity contribution in [1.29, 1.82) is 0 Å². The van der Waals surface area contributed by atoms with Gasteiger partial charge in [-0.2, -0.15) is 5.10 Å². The van der Waals surface area contributed by atoms with Crippen LogP contribution in [-0.4, -0.2) is 27.4 Å². The molecule has 1 aromatic heterocycles. The molecule has 25 heavy (non-hydrogen) atoms. The van der Waals surface area contributed by atoms with E-state index in [0.717, 1.165) is 30.6 Å². The number of hydrogen-bond acceptors (Lipinski definition) is 3. The van der Waals surface area contributed by atoms with Crippen LogP contribution >= 0.6 is 0 Å². The molecule has 1 unspecified atom stereocenters. The summed E-state index contributed by atoms with van der Waals surface area (Å²) < 4.78 is 2.11. The van der Waals surface area contributed by atoms with E-state index in [-0.39, 0.29) is 6.42 Å². The van der Waals surface area contributed by atoms with Crippen LogP contribution in [0.1, 0.15) is 66.5 Å². The first kappa shape index (κ1) is 16.3. The Hall–Kier alpha value is -2.14. The summed E-state index contributed by atoms with van der Waals surface area (Å²) in [6, 6.07) is 7.78. The minimum atomic E-state index is -0.801. The molecule has 2 aliphatic rings. The van der Waals surface area contributed by atoms with Crippen LogP contribution in [-0.2, 0) is 17.6 Å². The highest BCUT2D eigenvalue weighted by atomic mass is 16.4. The second kappa shape index (κ2) is 6.64. The van der Waals surface area contributed by atoms with Gasteiger partial charge in [-0.25, -0.2) is 4.68 Å². The molecule has 0 bridgehead atoms. The van der Waals surface area contributed by atoms with Crippen molar-refractivity contribution < 1.29 is 9.90 Å². The summed E-state index contributed by atoms with van der Waals surface area (Å²) in [5.74, 6) is 0.369. The molecule has 4 rings (SSSR count). The highest BCUT2D eigenvalue weighted by molar-refractivity contribution is 5.70. The number of carboxylic acid groups (broad SMARTS) is 1. The maximum Gasteiger partial charge on any atom is 0.307 e. The molecule has 1 aromatic carbocycles. The molecule has 1 heterocycles. The minimum Gasteiger partial charge on any atom is -0.481 e. The van der Waals surface area contributed by atoms with Crippen molar-refractivity contribution in [3.8, 4) is 5.69 Å². The Morgan fingerprint density at radius 1 is 1.24 bits per heavy atom. The maximum absolute atomic E-state index is 10.9. The highest BCUT2D eigenvalue weighted by Crippen LogP contribution is 2.47. The number of benzene rings is 1. The molecule has 1 atom stereocenters. The Bertz CT molecular complexity index is 775. The van der Waals surface area contributed by atoms with Gasteiger partial charge in [-0.1, -0.05) is 12.1 Å². The molecule has 0 spiro atoms. The van der Waals surface area contributed by atoms with E-state index in [1.807, 2.05) is 24.3 Å². The van der Waals surface area contributed by atoms with Gasteiger partial charge in [0.25, 0.3) is 0 Å². The zero-order valence-corrected chi connectivity index (χ0v) is 14.4. The van der Waals surface area contributed by atoms with E-state index in [4.69, 9.17) is 15.9 Å². The molecular formula is C20H25N3O2. The predicted octanol–water partition coefficient (Wildman–Crippen LogP) is 3.15. The van der Waals surface area contributed by atoms with Crippen molar-refractivity contribution in [2.45, 2.75) is 56.8 Å². The van der Waals surface area contributed by atoms with Gasteiger partial charge in [0, 0.05) is 17.2 Å². The van der Waals surface area contributed by atoms with Crippen LogP contribution in [0.3, 0.4) is 0 Å². The van der Waals surface area contributed by atoms with Crippen LogP contribution in [0.5, 0.6) is 0 Å². The van der Waals surface area contributed by atoms with Crippen molar-refractivity contribution >= 4 is 5.97 Å². The third kappa shape index (κ3) is 3.21. The average Bonchev–Trinajstić information content (AvgIpc) is 3.36. The number of rotatable bonds is 6. The average molecular weight is 339 g/mol. The lowest BCUT2D eigenvalue weighted by atomic mass is 9.82. The minimum absolute atomic E-state index is 0.0589. The third-order valence-electron chi connectivity index (χ3n) is 5.44. The fourth-order valence-corrected chi connectivity index (χ4v) is 4.12. The van der Waals surface area contributed by atoms with Crippen LogP contribution in [0.2, 0.25) is 0 Å². The fourth-order valence-electron chi connectivity index (χ4n) is 4.12. The quantitative estimate of drug-likeness (QED) is 0.847. The molecule has 2 aliphatic carbocycles. The largest absolute Gasteiger partial charge is 0.481 e. The lowest BCUT2D eigenvalue weighted by Gasteiger charge is -2.24. The highest BCUT2D eigenvalue weighted by Gasteiger charge is 2.36. The summed E-state index contributed by atoms with van der Waals surface area (Å²) >= 11 is 0. The molecule has 2 aromatic rings. The number of aliphatic carboxylic acids is 1. The Balaban J connectivity index is 1.72. The number of carboxylic acids is 1. The van der Waals surface area contributed by atoms with Gasteiger partial charge >= 0.3 is 5.97 Å². The molecule has 132 valence electrons. The van der Waals surface area contributed by atoms with Crippen molar-refractivity contribution in [3.05, 3.63) is 46.8 Å². The number of hydrogen-bond donors (Lipinski definition) is 2. The molecule has 1 saturated carbocycles. The molecule has 0 saturated heterocycles. The summed E-state index contributed by atoms with van der Waals surface area (Å²) in [6.45, 7) is 0.725. The molecule has 0 amide bonds. The zero-order valence-electron chi connectivity index (χ0n) is 14.4. The second-order valence-corrected chi connectivity index (χ2v) is 7.34. The smallest absolute Gasteiger partial charge is 0.307 e.